The minimum Gasteiger partial charge on any atom is -0.386 e. The van der Waals surface area contributed by atoms with Crippen LogP contribution in [0, 0.1) is 40.4 Å². The van der Waals surface area contributed by atoms with Crippen LogP contribution in [0.5, 0.6) is 0 Å². The van der Waals surface area contributed by atoms with Gasteiger partial charge in [0.1, 0.15) is 5.84 Å². The Hall–Kier alpha value is -4.23. The zero-order chi connectivity index (χ0) is 21.8. The van der Waals surface area contributed by atoms with Gasteiger partial charge in [-0.15, -0.1) is 0 Å². The van der Waals surface area contributed by atoms with E-state index in [1.165, 1.54) is 0 Å². The number of rotatable bonds is 2. The van der Waals surface area contributed by atoms with Crippen molar-refractivity contribution in [3.63, 3.8) is 0 Å². The number of nitrogens with two attached hydrogens (primary N) is 1. The van der Waals surface area contributed by atoms with Crippen LogP contribution in [-0.4, -0.2) is 21.5 Å². The summed E-state index contributed by atoms with van der Waals surface area (Å²) in [5, 5.41) is 25.5. The van der Waals surface area contributed by atoms with E-state index in [4.69, 9.17) is 10.8 Å². The van der Waals surface area contributed by atoms with Crippen LogP contribution in [0.15, 0.2) is 65.7 Å². The first-order chi connectivity index (χ1) is 15.0. The maximum Gasteiger partial charge on any atom is 0.270 e. The normalized spacial score (nSPS) is 26.4. The number of amides is 1. The van der Waals surface area contributed by atoms with Crippen molar-refractivity contribution in [2.45, 2.75) is 19.3 Å². The average Bonchev–Trinajstić information content (AvgIpc) is 3.24. The molecule has 0 unspecified atom stereocenters. The lowest BCUT2D eigenvalue weighted by atomic mass is 9.51. The SMILES string of the molecule is Cc1c2c(nn1-c1ccccc1)C[C@@]1(C#N)C(=O)N=C(N)[C@@]1(C#N)[C@@H]2c1ccccc1. The van der Waals surface area contributed by atoms with Crippen molar-refractivity contribution in [1.29, 1.82) is 10.5 Å². The number of carbonyl (C=O) groups is 1. The molecule has 5 rings (SSSR count). The number of carbonyl (C=O) groups excluding carboxylic acids is 1. The lowest BCUT2D eigenvalue weighted by molar-refractivity contribution is -0.126. The quantitative estimate of drug-likeness (QED) is 0.701. The number of hydrogen-bond acceptors (Lipinski definition) is 5. The first kappa shape index (κ1) is 18.8. The van der Waals surface area contributed by atoms with E-state index in [0.717, 1.165) is 22.5 Å². The van der Waals surface area contributed by atoms with E-state index < -0.39 is 22.7 Å². The Morgan fingerprint density at radius 1 is 1.06 bits per heavy atom. The molecule has 2 aliphatic rings. The molecule has 0 saturated heterocycles. The molecule has 0 bridgehead atoms. The van der Waals surface area contributed by atoms with Gasteiger partial charge in [0.25, 0.3) is 5.91 Å². The van der Waals surface area contributed by atoms with Gasteiger partial charge in [0.2, 0.25) is 0 Å². The van der Waals surface area contributed by atoms with E-state index in [0.29, 0.717) is 5.69 Å². The van der Waals surface area contributed by atoms with Gasteiger partial charge in [0.15, 0.2) is 10.8 Å². The molecule has 0 fully saturated rings. The van der Waals surface area contributed by atoms with Crippen molar-refractivity contribution in [2.75, 3.05) is 0 Å². The highest BCUT2D eigenvalue weighted by molar-refractivity contribution is 6.12. The Bertz CT molecular complexity index is 1330. The third-order valence-corrected chi connectivity index (χ3v) is 6.56. The van der Waals surface area contributed by atoms with Crippen molar-refractivity contribution >= 4 is 11.7 Å². The van der Waals surface area contributed by atoms with E-state index in [1.54, 1.807) is 4.68 Å². The molecule has 1 amide bonds. The molecule has 0 spiro atoms. The molecule has 7 nitrogen and oxygen atoms in total. The molecule has 0 radical (unpaired) electrons. The van der Waals surface area contributed by atoms with Gasteiger partial charge in [0, 0.05) is 23.6 Å². The molecule has 31 heavy (non-hydrogen) atoms. The average molecular weight is 406 g/mol. The second kappa shape index (κ2) is 6.38. The number of aromatic nitrogens is 2. The summed E-state index contributed by atoms with van der Waals surface area (Å²) in [5.41, 5.74) is 6.84. The summed E-state index contributed by atoms with van der Waals surface area (Å²) in [7, 11) is 0. The summed E-state index contributed by atoms with van der Waals surface area (Å²) in [6, 6.07) is 23.4. The summed E-state index contributed by atoms with van der Waals surface area (Å²) < 4.78 is 1.80. The summed E-state index contributed by atoms with van der Waals surface area (Å²) in [4.78, 5) is 17.0. The number of nitrogens with zero attached hydrogens (tertiary/aromatic N) is 5. The van der Waals surface area contributed by atoms with E-state index >= 15 is 0 Å². The predicted molar refractivity (Wildman–Crippen MR) is 113 cm³/mol. The molecule has 3 aromatic rings. The molecule has 0 saturated carbocycles. The van der Waals surface area contributed by atoms with Crippen LogP contribution in [0.3, 0.4) is 0 Å². The van der Waals surface area contributed by atoms with Gasteiger partial charge in [-0.25, -0.2) is 4.68 Å². The first-order valence-corrected chi connectivity index (χ1v) is 9.90. The molecule has 2 aromatic carbocycles. The fourth-order valence-electron chi connectivity index (χ4n) is 5.11. The minimum atomic E-state index is -1.72. The number of hydrogen-bond donors (Lipinski definition) is 1. The number of benzene rings is 2. The molecule has 1 aliphatic carbocycles. The largest absolute Gasteiger partial charge is 0.386 e. The van der Waals surface area contributed by atoms with Gasteiger partial charge in [0.05, 0.1) is 23.5 Å². The van der Waals surface area contributed by atoms with Crippen molar-refractivity contribution in [3.8, 4) is 17.8 Å². The summed E-state index contributed by atoms with van der Waals surface area (Å²) in [6.07, 6.45) is -0.0145. The zero-order valence-corrected chi connectivity index (χ0v) is 16.8. The van der Waals surface area contributed by atoms with Crippen LogP contribution < -0.4 is 5.73 Å². The topological polar surface area (TPSA) is 121 Å². The van der Waals surface area contributed by atoms with Crippen molar-refractivity contribution in [2.24, 2.45) is 21.6 Å². The molecule has 150 valence electrons. The van der Waals surface area contributed by atoms with Gasteiger partial charge in [-0.3, -0.25) is 4.79 Å². The van der Waals surface area contributed by atoms with E-state index in [2.05, 4.69) is 17.1 Å². The summed E-state index contributed by atoms with van der Waals surface area (Å²) in [5.74, 6) is -1.43. The monoisotopic (exact) mass is 406 g/mol. The van der Waals surface area contributed by atoms with Crippen molar-refractivity contribution in [3.05, 3.63) is 83.2 Å². The molecular formula is C24H18N6O. The van der Waals surface area contributed by atoms with Gasteiger partial charge in [-0.05, 0) is 24.6 Å². The lowest BCUT2D eigenvalue weighted by Crippen LogP contribution is -2.55. The smallest absolute Gasteiger partial charge is 0.270 e. The van der Waals surface area contributed by atoms with Crippen LogP contribution in [0.2, 0.25) is 0 Å². The van der Waals surface area contributed by atoms with Crippen LogP contribution in [0.4, 0.5) is 0 Å². The highest BCUT2D eigenvalue weighted by Crippen LogP contribution is 2.61. The van der Waals surface area contributed by atoms with Crippen LogP contribution in [0.1, 0.15) is 28.4 Å². The van der Waals surface area contributed by atoms with Crippen LogP contribution >= 0.6 is 0 Å². The fourth-order valence-corrected chi connectivity index (χ4v) is 5.11. The van der Waals surface area contributed by atoms with Crippen molar-refractivity contribution in [1.82, 2.24) is 9.78 Å². The minimum absolute atomic E-state index is 0.0145. The maximum absolute atomic E-state index is 13.0. The number of amidine groups is 1. The molecule has 2 heterocycles. The lowest BCUT2D eigenvalue weighted by Gasteiger charge is -2.43. The Labute approximate surface area is 179 Å². The Balaban J connectivity index is 1.88. The Morgan fingerprint density at radius 2 is 1.71 bits per heavy atom. The molecule has 2 N–H and O–H groups in total. The van der Waals surface area contributed by atoms with Crippen LogP contribution in [-0.2, 0) is 11.2 Å². The van der Waals surface area contributed by atoms with Gasteiger partial charge in [-0.2, -0.15) is 20.6 Å². The van der Waals surface area contributed by atoms with Crippen LogP contribution in [0.25, 0.3) is 5.69 Å². The first-order valence-electron chi connectivity index (χ1n) is 9.90. The molecule has 1 aliphatic heterocycles. The maximum atomic E-state index is 13.0. The Kier molecular flexibility index (Phi) is 3.87. The number of aliphatic imine (C=N–C) groups is 1. The van der Waals surface area contributed by atoms with E-state index in [1.807, 2.05) is 67.6 Å². The summed E-state index contributed by atoms with van der Waals surface area (Å²) in [6.45, 7) is 1.93. The van der Waals surface area contributed by atoms with Gasteiger partial charge in [-0.1, -0.05) is 48.5 Å². The number of fused-ring (bicyclic) bond motifs is 2. The number of nitriles is 2. The molecule has 1 aromatic heterocycles. The third-order valence-electron chi connectivity index (χ3n) is 6.56. The second-order valence-corrected chi connectivity index (χ2v) is 7.95. The van der Waals surface area contributed by atoms with E-state index in [9.17, 15) is 15.3 Å². The zero-order valence-electron chi connectivity index (χ0n) is 16.8. The fraction of sp³-hybridized carbons (Fsp3) is 0.208. The molecular weight excluding hydrogens is 388 g/mol. The summed E-state index contributed by atoms with van der Waals surface area (Å²) >= 11 is 0. The highest BCUT2D eigenvalue weighted by Gasteiger charge is 2.71. The predicted octanol–water partition coefficient (Wildman–Crippen LogP) is 2.79. The third kappa shape index (κ3) is 2.18. The van der Waals surface area contributed by atoms with E-state index in [-0.39, 0.29) is 12.3 Å². The van der Waals surface area contributed by atoms with Crippen molar-refractivity contribution < 1.29 is 4.79 Å². The second-order valence-electron chi connectivity index (χ2n) is 7.95. The van der Waals surface area contributed by atoms with Gasteiger partial charge >= 0.3 is 0 Å². The highest BCUT2D eigenvalue weighted by atomic mass is 16.2. The Morgan fingerprint density at radius 3 is 2.32 bits per heavy atom. The standard InChI is InChI=1S/C24H18N6O/c1-15-19-18(29-30(15)17-10-6-3-7-11-17)12-23(13-25)22(31)28-21(27)24(23,14-26)20(19)16-8-4-2-5-9-16/h2-11,20H,12H2,1H3,(H2,27,28,31)/t20-,23-,24-/m1/s1. The van der Waals surface area contributed by atoms with Gasteiger partial charge < -0.3 is 5.73 Å². The molecule has 7 heteroatoms. The number of para-hydroxylation sites is 1. The molecule has 3 atom stereocenters.